The molecular weight excluding hydrogens is 787 g/mol. The first kappa shape index (κ1) is 43.1. The van der Waals surface area contributed by atoms with Gasteiger partial charge < -0.3 is 25.0 Å². The monoisotopic (exact) mass is 845 g/mol. The van der Waals surface area contributed by atoms with Crippen LogP contribution in [0.3, 0.4) is 0 Å². The molecule has 328 valence electrons. The number of hydrogen-bond acceptors (Lipinski definition) is 9. The number of likely N-dealkylation sites (tertiary alicyclic amines) is 1. The van der Waals surface area contributed by atoms with Crippen LogP contribution in [0, 0.1) is 29.6 Å². The third-order valence-electron chi connectivity index (χ3n) is 13.6. The van der Waals surface area contributed by atoms with Crippen LogP contribution in [0.1, 0.15) is 105 Å². The minimum Gasteiger partial charge on any atom is -0.475 e. The summed E-state index contributed by atoms with van der Waals surface area (Å²) in [6, 6.07) is 10.6. The zero-order valence-corrected chi connectivity index (χ0v) is 36.2. The minimum absolute atomic E-state index is 0.0560. The molecular formula is C48H59N7O7. The van der Waals surface area contributed by atoms with Crippen LogP contribution in [-0.2, 0) is 32.6 Å². The Hall–Kier alpha value is -5.52. The fourth-order valence-corrected chi connectivity index (χ4v) is 10.0. The molecule has 14 nitrogen and oxygen atoms in total. The quantitative estimate of drug-likeness (QED) is 0.0975. The third kappa shape index (κ3) is 9.44. The maximum Gasteiger partial charge on any atom is 0.329 e. The van der Waals surface area contributed by atoms with E-state index in [1.807, 2.05) is 30.3 Å². The van der Waals surface area contributed by atoms with E-state index in [1.165, 1.54) is 4.57 Å². The van der Waals surface area contributed by atoms with Crippen molar-refractivity contribution in [3.63, 3.8) is 0 Å². The lowest BCUT2D eigenvalue weighted by Crippen LogP contribution is -2.44. The molecule has 0 spiro atoms. The highest BCUT2D eigenvalue weighted by molar-refractivity contribution is 6.01. The van der Waals surface area contributed by atoms with E-state index in [0.717, 1.165) is 110 Å². The molecule has 3 N–H and O–H groups in total. The molecule has 1 saturated carbocycles. The highest BCUT2D eigenvalue weighted by atomic mass is 16.5. The van der Waals surface area contributed by atoms with Crippen LogP contribution < -0.4 is 26.4 Å². The van der Waals surface area contributed by atoms with Gasteiger partial charge in [0.2, 0.25) is 23.6 Å². The van der Waals surface area contributed by atoms with E-state index >= 15 is 0 Å². The molecule has 8 rings (SSSR count). The summed E-state index contributed by atoms with van der Waals surface area (Å²) >= 11 is 0. The Morgan fingerprint density at radius 3 is 2.55 bits per heavy atom. The molecule has 1 aliphatic carbocycles. The Kier molecular flexibility index (Phi) is 13.4. The van der Waals surface area contributed by atoms with Crippen LogP contribution in [0.15, 0.2) is 47.4 Å². The van der Waals surface area contributed by atoms with Gasteiger partial charge >= 0.3 is 5.69 Å². The molecule has 62 heavy (non-hydrogen) atoms. The fraction of sp³-hybridized carbons (Fsp3) is 0.542. The van der Waals surface area contributed by atoms with Gasteiger partial charge in [-0.15, -0.1) is 0 Å². The molecule has 0 bridgehead atoms. The van der Waals surface area contributed by atoms with Crippen molar-refractivity contribution in [2.24, 2.45) is 24.8 Å². The third-order valence-corrected chi connectivity index (χ3v) is 13.6. The van der Waals surface area contributed by atoms with Crippen molar-refractivity contribution in [1.82, 2.24) is 35.0 Å². The van der Waals surface area contributed by atoms with Gasteiger partial charge in [-0.2, -0.15) is 0 Å². The van der Waals surface area contributed by atoms with Gasteiger partial charge in [0.25, 0.3) is 5.91 Å². The van der Waals surface area contributed by atoms with Gasteiger partial charge in [0, 0.05) is 81.6 Å². The summed E-state index contributed by atoms with van der Waals surface area (Å²) in [5, 5.41) is 9.75. The Labute approximate surface area is 362 Å². The van der Waals surface area contributed by atoms with Crippen molar-refractivity contribution in [2.45, 2.75) is 102 Å². The Bertz CT molecular complexity index is 2450. The van der Waals surface area contributed by atoms with Crippen molar-refractivity contribution >= 4 is 45.4 Å². The van der Waals surface area contributed by atoms with Gasteiger partial charge in [-0.3, -0.25) is 33.6 Å². The number of nitrogens with zero attached hydrogens (tertiary/aromatic N) is 4. The number of rotatable bonds is 13. The van der Waals surface area contributed by atoms with E-state index in [2.05, 4.69) is 44.6 Å². The maximum atomic E-state index is 13.3. The van der Waals surface area contributed by atoms with Crippen molar-refractivity contribution in [2.75, 3.05) is 39.9 Å². The van der Waals surface area contributed by atoms with E-state index in [9.17, 15) is 24.0 Å². The highest BCUT2D eigenvalue weighted by Crippen LogP contribution is 2.32. The predicted octanol–water partition coefficient (Wildman–Crippen LogP) is 4.79. The number of benzene rings is 2. The number of amides is 4. The smallest absolute Gasteiger partial charge is 0.329 e. The number of para-hydroxylation sites is 1. The molecule has 3 atom stereocenters. The molecule has 4 aromatic rings. The average Bonchev–Trinajstić information content (AvgIpc) is 3.78. The SMILES string of the molecule is CC[C@@H]1CC(=O)N[C@@H]1COc1ncc(C#CC2CCC(CN3CCC(OCCCc4cccc5c4n(C)c(=O)n5C4CCC(=O)NC4=O)CC3)CC2)c2cc(C(=O)NC)ccc12. The van der Waals surface area contributed by atoms with Crippen molar-refractivity contribution in [3.8, 4) is 17.7 Å². The van der Waals surface area contributed by atoms with Crippen molar-refractivity contribution in [3.05, 3.63) is 69.8 Å². The molecule has 2 aromatic carbocycles. The normalized spacial score (nSPS) is 23.5. The molecule has 4 fully saturated rings. The number of carbonyl (C=O) groups excluding carboxylic acids is 4. The number of imidazole rings is 1. The number of aromatic nitrogens is 3. The molecule has 5 heterocycles. The molecule has 1 unspecified atom stereocenters. The number of pyridine rings is 1. The molecule has 4 aliphatic rings. The van der Waals surface area contributed by atoms with Gasteiger partial charge in [-0.05, 0) is 99.5 Å². The number of nitrogens with one attached hydrogen (secondary N) is 3. The highest BCUT2D eigenvalue weighted by Gasteiger charge is 2.33. The minimum atomic E-state index is -0.693. The first-order valence-electron chi connectivity index (χ1n) is 22.5. The van der Waals surface area contributed by atoms with Crippen LogP contribution in [0.25, 0.3) is 21.8 Å². The first-order valence-corrected chi connectivity index (χ1v) is 22.5. The largest absolute Gasteiger partial charge is 0.475 e. The number of aryl methyl sites for hydroxylation is 2. The molecule has 14 heteroatoms. The second-order valence-corrected chi connectivity index (χ2v) is 17.6. The lowest BCUT2D eigenvalue weighted by atomic mass is 9.81. The van der Waals surface area contributed by atoms with Crippen LogP contribution in [0.4, 0.5) is 0 Å². The predicted molar refractivity (Wildman–Crippen MR) is 236 cm³/mol. The van der Waals surface area contributed by atoms with E-state index in [4.69, 9.17) is 9.47 Å². The lowest BCUT2D eigenvalue weighted by Gasteiger charge is -2.36. The zero-order valence-electron chi connectivity index (χ0n) is 36.2. The molecule has 3 aliphatic heterocycles. The summed E-state index contributed by atoms with van der Waals surface area (Å²) in [5.74, 6) is 7.81. The standard InChI is InChI=1S/C48H59N7O7/c1-4-32-26-43(57)51-39(32)29-62-47-37-17-16-34(45(58)49-2)25-38(37)35(27-50-47)15-14-30-10-12-31(13-11-30)28-54-22-20-36(21-23-54)61-24-6-8-33-7-5-9-40-44(33)53(3)48(60)55(40)41-18-19-42(56)52-46(41)59/h5,7,9,16-17,25,27,30-32,36,39,41H,4,6,8,10-13,18-24,26,28-29H2,1-3H3,(H,49,58)(H,51,57)(H,52,56,59)/t30?,31?,32-,39-,41?/m1/s1. The summed E-state index contributed by atoms with van der Waals surface area (Å²) in [6.07, 6.45) is 12.0. The summed E-state index contributed by atoms with van der Waals surface area (Å²) in [5.41, 5.74) is 3.67. The average molecular weight is 846 g/mol. The summed E-state index contributed by atoms with van der Waals surface area (Å²) in [6.45, 7) is 6.24. The van der Waals surface area contributed by atoms with Gasteiger partial charge in [-0.1, -0.05) is 37.3 Å². The van der Waals surface area contributed by atoms with Crippen LogP contribution >= 0.6 is 0 Å². The lowest BCUT2D eigenvalue weighted by molar-refractivity contribution is -0.135. The van der Waals surface area contributed by atoms with Crippen LogP contribution in [-0.4, -0.2) is 94.7 Å². The van der Waals surface area contributed by atoms with Gasteiger partial charge in [0.05, 0.1) is 28.7 Å². The van der Waals surface area contributed by atoms with E-state index < -0.39 is 11.9 Å². The summed E-state index contributed by atoms with van der Waals surface area (Å²) < 4.78 is 15.7. The number of piperidine rings is 2. The zero-order chi connectivity index (χ0) is 43.3. The first-order chi connectivity index (χ1) is 30.1. The van der Waals surface area contributed by atoms with Crippen LogP contribution in [0.2, 0.25) is 0 Å². The maximum absolute atomic E-state index is 13.3. The molecule has 4 amide bonds. The fourth-order valence-electron chi connectivity index (χ4n) is 10.0. The van der Waals surface area contributed by atoms with Gasteiger partial charge in [0.15, 0.2) is 0 Å². The number of imide groups is 1. The van der Waals surface area contributed by atoms with E-state index in [-0.39, 0.29) is 47.9 Å². The number of fused-ring (bicyclic) bond motifs is 2. The Balaban J connectivity index is 0.795. The van der Waals surface area contributed by atoms with E-state index in [0.29, 0.717) is 49.3 Å². The van der Waals surface area contributed by atoms with Gasteiger partial charge in [0.1, 0.15) is 12.6 Å². The van der Waals surface area contributed by atoms with E-state index in [1.54, 1.807) is 30.9 Å². The van der Waals surface area contributed by atoms with Crippen molar-refractivity contribution in [1.29, 1.82) is 0 Å². The van der Waals surface area contributed by atoms with Gasteiger partial charge in [-0.25, -0.2) is 9.78 Å². The molecule has 0 radical (unpaired) electrons. The molecule has 3 saturated heterocycles. The second kappa shape index (κ2) is 19.3. The molecule has 2 aromatic heterocycles. The Morgan fingerprint density at radius 1 is 0.984 bits per heavy atom. The van der Waals surface area contributed by atoms with Crippen molar-refractivity contribution < 1.29 is 28.7 Å². The Morgan fingerprint density at radius 2 is 1.79 bits per heavy atom. The van der Waals surface area contributed by atoms with Crippen LogP contribution in [0.5, 0.6) is 5.88 Å². The topological polar surface area (TPSA) is 166 Å². The number of ether oxygens (including phenoxy) is 2. The summed E-state index contributed by atoms with van der Waals surface area (Å²) in [7, 11) is 3.37. The summed E-state index contributed by atoms with van der Waals surface area (Å²) in [4.78, 5) is 69.5. The number of hydrogen-bond donors (Lipinski definition) is 3. The number of carbonyl (C=O) groups is 4. The second-order valence-electron chi connectivity index (χ2n) is 17.6.